The fraction of sp³-hybridized carbons (Fsp3) is 0.579. The molecule has 4 heterocycles. The van der Waals surface area contributed by atoms with Crippen LogP contribution >= 0.6 is 0 Å². The standard InChI is InChI=1S/C19H26N6O2/c1-19(2,3)15-6-7-16(21-20-15)24-11-13(12-24)23(4)18(26)14-10-17-25(22-14)8-5-9-27-17/h6-7,10,13H,5,8-9,11-12H2,1-4H3. The Labute approximate surface area is 159 Å². The number of likely N-dealkylation sites (N-methyl/N-ethyl adjacent to an activating group) is 1. The van der Waals surface area contributed by atoms with Crippen molar-refractivity contribution in [3.05, 3.63) is 29.6 Å². The minimum atomic E-state index is -0.0701. The molecule has 1 saturated heterocycles. The summed E-state index contributed by atoms with van der Waals surface area (Å²) >= 11 is 0. The van der Waals surface area contributed by atoms with E-state index < -0.39 is 0 Å². The van der Waals surface area contributed by atoms with E-state index in [4.69, 9.17) is 4.74 Å². The van der Waals surface area contributed by atoms with E-state index in [-0.39, 0.29) is 17.4 Å². The summed E-state index contributed by atoms with van der Waals surface area (Å²) in [7, 11) is 1.83. The van der Waals surface area contributed by atoms with Gasteiger partial charge in [-0.05, 0) is 12.1 Å². The minimum Gasteiger partial charge on any atom is -0.478 e. The molecule has 0 radical (unpaired) electrons. The van der Waals surface area contributed by atoms with Crippen molar-refractivity contribution in [1.29, 1.82) is 0 Å². The summed E-state index contributed by atoms with van der Waals surface area (Å²) in [5.74, 6) is 1.47. The molecular formula is C19H26N6O2. The normalized spacial score (nSPS) is 17.1. The lowest BCUT2D eigenvalue weighted by atomic mass is 9.92. The molecule has 1 fully saturated rings. The number of anilines is 1. The van der Waals surface area contributed by atoms with Crippen molar-refractivity contribution in [2.24, 2.45) is 0 Å². The fourth-order valence-electron chi connectivity index (χ4n) is 3.30. The number of aromatic nitrogens is 4. The summed E-state index contributed by atoms with van der Waals surface area (Å²) in [4.78, 5) is 16.6. The molecule has 0 aliphatic carbocycles. The van der Waals surface area contributed by atoms with Gasteiger partial charge in [0.15, 0.2) is 11.5 Å². The first-order valence-corrected chi connectivity index (χ1v) is 9.40. The molecule has 8 nitrogen and oxygen atoms in total. The third-order valence-electron chi connectivity index (χ3n) is 5.20. The smallest absolute Gasteiger partial charge is 0.274 e. The monoisotopic (exact) mass is 370 g/mol. The van der Waals surface area contributed by atoms with E-state index in [9.17, 15) is 4.79 Å². The van der Waals surface area contributed by atoms with E-state index in [1.807, 2.05) is 19.2 Å². The van der Waals surface area contributed by atoms with Crippen LogP contribution in [-0.2, 0) is 12.0 Å². The van der Waals surface area contributed by atoms with Gasteiger partial charge in [0.2, 0.25) is 5.88 Å². The highest BCUT2D eigenvalue weighted by Gasteiger charge is 2.35. The van der Waals surface area contributed by atoms with E-state index in [1.165, 1.54) is 0 Å². The molecule has 2 aliphatic heterocycles. The third kappa shape index (κ3) is 3.36. The van der Waals surface area contributed by atoms with E-state index in [2.05, 4.69) is 41.0 Å². The topological polar surface area (TPSA) is 76.4 Å². The summed E-state index contributed by atoms with van der Waals surface area (Å²) in [6.45, 7) is 9.33. The van der Waals surface area contributed by atoms with Crippen molar-refractivity contribution in [2.75, 3.05) is 31.6 Å². The largest absolute Gasteiger partial charge is 0.478 e. The number of carbonyl (C=O) groups is 1. The number of ether oxygens (including phenoxy) is 1. The van der Waals surface area contributed by atoms with Crippen LogP contribution in [0.15, 0.2) is 18.2 Å². The van der Waals surface area contributed by atoms with Crippen molar-refractivity contribution in [3.8, 4) is 5.88 Å². The van der Waals surface area contributed by atoms with Crippen LogP contribution < -0.4 is 9.64 Å². The molecule has 4 rings (SSSR count). The maximum atomic E-state index is 12.7. The molecule has 0 aromatic carbocycles. The lowest BCUT2D eigenvalue weighted by Crippen LogP contribution is -2.60. The molecule has 0 atom stereocenters. The van der Waals surface area contributed by atoms with Crippen LogP contribution in [0.3, 0.4) is 0 Å². The first-order chi connectivity index (χ1) is 12.8. The van der Waals surface area contributed by atoms with E-state index in [0.29, 0.717) is 18.2 Å². The molecule has 144 valence electrons. The fourth-order valence-corrected chi connectivity index (χ4v) is 3.30. The molecule has 1 amide bonds. The van der Waals surface area contributed by atoms with Gasteiger partial charge in [-0.15, -0.1) is 5.10 Å². The van der Waals surface area contributed by atoms with Gasteiger partial charge in [0.1, 0.15) is 0 Å². The van der Waals surface area contributed by atoms with Gasteiger partial charge < -0.3 is 14.5 Å². The highest BCUT2D eigenvalue weighted by atomic mass is 16.5. The minimum absolute atomic E-state index is 0.0108. The molecule has 0 bridgehead atoms. The quantitative estimate of drug-likeness (QED) is 0.819. The van der Waals surface area contributed by atoms with Gasteiger partial charge in [-0.1, -0.05) is 20.8 Å². The zero-order valence-electron chi connectivity index (χ0n) is 16.3. The number of aryl methyl sites for hydroxylation is 1. The Bertz CT molecular complexity index is 809. The Morgan fingerprint density at radius 2 is 2.04 bits per heavy atom. The SMILES string of the molecule is CN(C(=O)c1cc2n(n1)CCCO2)C1CN(c2ccc(C(C)(C)C)nn2)C1. The first kappa shape index (κ1) is 17.8. The molecule has 0 N–H and O–H groups in total. The number of nitrogens with zero attached hydrogens (tertiary/aromatic N) is 6. The van der Waals surface area contributed by atoms with Gasteiger partial charge in [0.25, 0.3) is 5.91 Å². The Kier molecular flexibility index (Phi) is 4.28. The number of rotatable bonds is 3. The van der Waals surface area contributed by atoms with Gasteiger partial charge in [0.05, 0.1) is 18.3 Å². The van der Waals surface area contributed by atoms with Gasteiger partial charge in [-0.3, -0.25) is 4.79 Å². The molecule has 8 heteroatoms. The van der Waals surface area contributed by atoms with Crippen LogP contribution in [0.4, 0.5) is 5.82 Å². The predicted octanol–water partition coefficient (Wildman–Crippen LogP) is 1.71. The molecule has 0 saturated carbocycles. The average molecular weight is 370 g/mol. The van der Waals surface area contributed by atoms with Gasteiger partial charge in [0, 0.05) is 44.6 Å². The van der Waals surface area contributed by atoms with Crippen LogP contribution in [0.25, 0.3) is 0 Å². The zero-order chi connectivity index (χ0) is 19.2. The van der Waals surface area contributed by atoms with E-state index >= 15 is 0 Å². The van der Waals surface area contributed by atoms with Crippen LogP contribution in [-0.4, -0.2) is 63.6 Å². The Hall–Kier alpha value is -2.64. The highest BCUT2D eigenvalue weighted by Crippen LogP contribution is 2.25. The van der Waals surface area contributed by atoms with Crippen molar-refractivity contribution in [3.63, 3.8) is 0 Å². The van der Waals surface area contributed by atoms with Crippen molar-refractivity contribution < 1.29 is 9.53 Å². The summed E-state index contributed by atoms with van der Waals surface area (Å²) in [6, 6.07) is 5.92. The van der Waals surface area contributed by atoms with Crippen molar-refractivity contribution in [2.45, 2.75) is 45.2 Å². The van der Waals surface area contributed by atoms with Gasteiger partial charge in [-0.2, -0.15) is 10.2 Å². The second-order valence-corrected chi connectivity index (χ2v) is 8.29. The summed E-state index contributed by atoms with van der Waals surface area (Å²) in [5, 5.41) is 13.1. The number of fused-ring (bicyclic) bond motifs is 1. The molecular weight excluding hydrogens is 344 g/mol. The molecule has 2 aromatic rings. The molecule has 0 spiro atoms. The number of hydrogen-bond acceptors (Lipinski definition) is 6. The van der Waals surface area contributed by atoms with E-state index in [1.54, 1.807) is 15.6 Å². The second kappa shape index (κ2) is 6.51. The third-order valence-corrected chi connectivity index (χ3v) is 5.20. The number of carbonyl (C=O) groups excluding carboxylic acids is 1. The van der Waals surface area contributed by atoms with Crippen LogP contribution in [0.1, 0.15) is 43.4 Å². The second-order valence-electron chi connectivity index (χ2n) is 8.29. The van der Waals surface area contributed by atoms with Crippen molar-refractivity contribution in [1.82, 2.24) is 24.9 Å². The van der Waals surface area contributed by atoms with Crippen LogP contribution in [0.2, 0.25) is 0 Å². The maximum Gasteiger partial charge on any atom is 0.274 e. The number of amides is 1. The van der Waals surface area contributed by atoms with E-state index in [0.717, 1.165) is 37.6 Å². The van der Waals surface area contributed by atoms with Gasteiger partial charge in [-0.25, -0.2) is 4.68 Å². The maximum absolute atomic E-state index is 12.7. The molecule has 27 heavy (non-hydrogen) atoms. The summed E-state index contributed by atoms with van der Waals surface area (Å²) < 4.78 is 7.32. The molecule has 2 aromatic heterocycles. The van der Waals surface area contributed by atoms with Gasteiger partial charge >= 0.3 is 0 Å². The zero-order valence-corrected chi connectivity index (χ0v) is 16.3. The summed E-state index contributed by atoms with van der Waals surface area (Å²) in [5.41, 5.74) is 1.41. The molecule has 0 unspecified atom stereocenters. The number of hydrogen-bond donors (Lipinski definition) is 0. The van der Waals surface area contributed by atoms with Crippen LogP contribution in [0.5, 0.6) is 5.88 Å². The highest BCUT2D eigenvalue weighted by molar-refractivity contribution is 5.93. The Balaban J connectivity index is 1.37. The predicted molar refractivity (Wildman–Crippen MR) is 101 cm³/mol. The molecule has 2 aliphatic rings. The lowest BCUT2D eigenvalue weighted by molar-refractivity contribution is 0.0698. The first-order valence-electron chi connectivity index (χ1n) is 9.40. The Morgan fingerprint density at radius 1 is 1.26 bits per heavy atom. The summed E-state index contributed by atoms with van der Waals surface area (Å²) in [6.07, 6.45) is 0.921. The van der Waals surface area contributed by atoms with Crippen molar-refractivity contribution >= 4 is 11.7 Å². The lowest BCUT2D eigenvalue weighted by Gasteiger charge is -2.44. The Morgan fingerprint density at radius 3 is 2.67 bits per heavy atom. The van der Waals surface area contributed by atoms with Crippen LogP contribution in [0, 0.1) is 0 Å². The average Bonchev–Trinajstić information content (AvgIpc) is 3.03.